The second kappa shape index (κ2) is 7.63. The highest BCUT2D eigenvalue weighted by Crippen LogP contribution is 2.29. The number of benzene rings is 2. The van der Waals surface area contributed by atoms with Crippen LogP contribution in [0, 0.1) is 5.82 Å². The summed E-state index contributed by atoms with van der Waals surface area (Å²) >= 11 is 0. The normalized spacial score (nSPS) is 12.7. The van der Waals surface area contributed by atoms with Crippen molar-refractivity contribution in [3.63, 3.8) is 0 Å². The Hall–Kier alpha value is -2.12. The molecular weight excluding hydrogens is 333 g/mol. The highest BCUT2D eigenvalue weighted by atomic mass is 32.2. The molecule has 0 aliphatic rings. The molecule has 0 unspecified atom stereocenters. The fraction of sp³-hybridized carbons (Fsp3) is 0.294. The van der Waals surface area contributed by atoms with E-state index in [0.717, 1.165) is 0 Å². The van der Waals surface area contributed by atoms with Crippen LogP contribution >= 0.6 is 0 Å². The summed E-state index contributed by atoms with van der Waals surface area (Å²) in [5.41, 5.74) is 0.753. The Balaban J connectivity index is 2.22. The summed E-state index contributed by atoms with van der Waals surface area (Å²) in [5.74, 6) is 0.147. The molecule has 2 rings (SSSR count). The standard InChI is InChI=1S/C17H20FNO4S/c1-12(15-10-14(22-2)8-9-17(15)23-3)19-24(20,21)11-13-6-4-5-7-16(13)18/h4-10,12,19H,11H2,1-3H3/t12-/m1/s1. The molecule has 0 amide bonds. The Labute approximate surface area is 141 Å². The first kappa shape index (κ1) is 18.2. The topological polar surface area (TPSA) is 64.6 Å². The number of halogens is 1. The van der Waals surface area contributed by atoms with Crippen LogP contribution in [0.1, 0.15) is 24.1 Å². The zero-order valence-electron chi connectivity index (χ0n) is 13.7. The van der Waals surface area contributed by atoms with E-state index < -0.39 is 27.6 Å². The van der Waals surface area contributed by atoms with E-state index in [4.69, 9.17) is 9.47 Å². The number of methoxy groups -OCH3 is 2. The van der Waals surface area contributed by atoms with Crippen LogP contribution in [0.4, 0.5) is 4.39 Å². The van der Waals surface area contributed by atoms with Gasteiger partial charge < -0.3 is 9.47 Å². The second-order valence-electron chi connectivity index (χ2n) is 5.30. The molecule has 2 aromatic carbocycles. The van der Waals surface area contributed by atoms with Crippen molar-refractivity contribution in [3.8, 4) is 11.5 Å². The predicted octanol–water partition coefficient (Wildman–Crippen LogP) is 3.02. The molecule has 0 saturated heterocycles. The summed E-state index contributed by atoms with van der Waals surface area (Å²) in [6, 6.07) is 10.4. The predicted molar refractivity (Wildman–Crippen MR) is 90.1 cm³/mol. The number of rotatable bonds is 7. The van der Waals surface area contributed by atoms with E-state index in [1.807, 2.05) is 0 Å². The molecule has 0 heterocycles. The van der Waals surface area contributed by atoms with Gasteiger partial charge in [0.15, 0.2) is 0 Å². The van der Waals surface area contributed by atoms with Gasteiger partial charge in [0.25, 0.3) is 0 Å². The molecule has 0 bridgehead atoms. The van der Waals surface area contributed by atoms with E-state index in [-0.39, 0.29) is 5.56 Å². The van der Waals surface area contributed by atoms with Gasteiger partial charge in [0.1, 0.15) is 17.3 Å². The Morgan fingerprint density at radius 1 is 1.12 bits per heavy atom. The van der Waals surface area contributed by atoms with Crippen molar-refractivity contribution >= 4 is 10.0 Å². The Morgan fingerprint density at radius 2 is 1.83 bits per heavy atom. The van der Waals surface area contributed by atoms with Gasteiger partial charge in [-0.15, -0.1) is 0 Å². The smallest absolute Gasteiger partial charge is 0.216 e. The highest BCUT2D eigenvalue weighted by Gasteiger charge is 2.21. The van der Waals surface area contributed by atoms with Crippen molar-refractivity contribution < 1.29 is 22.3 Å². The van der Waals surface area contributed by atoms with Crippen LogP contribution in [-0.4, -0.2) is 22.6 Å². The summed E-state index contributed by atoms with van der Waals surface area (Å²) in [5, 5.41) is 0. The fourth-order valence-corrected chi connectivity index (χ4v) is 3.76. The number of hydrogen-bond donors (Lipinski definition) is 1. The Bertz CT molecular complexity index is 808. The molecule has 0 aliphatic carbocycles. The Morgan fingerprint density at radius 3 is 2.46 bits per heavy atom. The van der Waals surface area contributed by atoms with E-state index in [2.05, 4.69) is 4.72 Å². The minimum absolute atomic E-state index is 0.120. The van der Waals surface area contributed by atoms with Crippen LogP contribution in [0.2, 0.25) is 0 Å². The maximum atomic E-state index is 13.7. The average Bonchev–Trinajstić information content (AvgIpc) is 2.55. The quantitative estimate of drug-likeness (QED) is 0.831. The molecule has 0 aromatic heterocycles. The molecule has 1 atom stereocenters. The monoisotopic (exact) mass is 353 g/mol. The molecule has 24 heavy (non-hydrogen) atoms. The van der Waals surface area contributed by atoms with Crippen LogP contribution in [0.3, 0.4) is 0 Å². The summed E-state index contributed by atoms with van der Waals surface area (Å²) in [6.45, 7) is 1.69. The average molecular weight is 353 g/mol. The molecule has 0 saturated carbocycles. The second-order valence-corrected chi connectivity index (χ2v) is 7.05. The number of sulfonamides is 1. The maximum Gasteiger partial charge on any atom is 0.216 e. The minimum Gasteiger partial charge on any atom is -0.497 e. The molecule has 0 fully saturated rings. The lowest BCUT2D eigenvalue weighted by Crippen LogP contribution is -2.28. The zero-order valence-corrected chi connectivity index (χ0v) is 14.6. The van der Waals surface area contributed by atoms with Crippen molar-refractivity contribution in [1.82, 2.24) is 4.72 Å². The summed E-state index contributed by atoms with van der Waals surface area (Å²) in [4.78, 5) is 0. The first-order valence-corrected chi connectivity index (χ1v) is 8.97. The number of hydrogen-bond acceptors (Lipinski definition) is 4. The van der Waals surface area contributed by atoms with Crippen LogP contribution < -0.4 is 14.2 Å². The fourth-order valence-electron chi connectivity index (χ4n) is 2.37. The van der Waals surface area contributed by atoms with Gasteiger partial charge in [-0.3, -0.25) is 0 Å². The van der Waals surface area contributed by atoms with E-state index in [1.54, 1.807) is 31.2 Å². The molecule has 0 spiro atoms. The van der Waals surface area contributed by atoms with Crippen LogP contribution in [0.5, 0.6) is 11.5 Å². The summed E-state index contributed by atoms with van der Waals surface area (Å²) < 4.78 is 51.3. The zero-order chi connectivity index (χ0) is 17.7. The van der Waals surface area contributed by atoms with Gasteiger partial charge in [-0.25, -0.2) is 17.5 Å². The van der Waals surface area contributed by atoms with Crippen molar-refractivity contribution in [1.29, 1.82) is 0 Å². The van der Waals surface area contributed by atoms with E-state index in [9.17, 15) is 12.8 Å². The van der Waals surface area contributed by atoms with E-state index in [0.29, 0.717) is 17.1 Å². The SMILES string of the molecule is COc1ccc(OC)c([C@@H](C)NS(=O)(=O)Cc2ccccc2F)c1. The van der Waals surface area contributed by atoms with Gasteiger partial charge in [-0.05, 0) is 31.2 Å². The maximum absolute atomic E-state index is 13.7. The van der Waals surface area contributed by atoms with Crippen molar-refractivity contribution in [2.24, 2.45) is 0 Å². The lowest BCUT2D eigenvalue weighted by atomic mass is 10.1. The number of ether oxygens (including phenoxy) is 2. The largest absolute Gasteiger partial charge is 0.497 e. The van der Waals surface area contributed by atoms with Crippen molar-refractivity contribution in [2.45, 2.75) is 18.7 Å². The molecular formula is C17H20FNO4S. The molecule has 5 nitrogen and oxygen atoms in total. The molecule has 1 N–H and O–H groups in total. The third-order valence-electron chi connectivity index (χ3n) is 3.56. The molecule has 7 heteroatoms. The van der Waals surface area contributed by atoms with Gasteiger partial charge in [0, 0.05) is 17.2 Å². The molecule has 2 aromatic rings. The van der Waals surface area contributed by atoms with Crippen LogP contribution in [0.25, 0.3) is 0 Å². The van der Waals surface area contributed by atoms with E-state index in [1.165, 1.54) is 32.4 Å². The third-order valence-corrected chi connectivity index (χ3v) is 4.97. The molecule has 0 aliphatic heterocycles. The first-order chi connectivity index (χ1) is 11.4. The van der Waals surface area contributed by atoms with Crippen LogP contribution in [-0.2, 0) is 15.8 Å². The lowest BCUT2D eigenvalue weighted by Gasteiger charge is -2.18. The van der Waals surface area contributed by atoms with Crippen LogP contribution in [0.15, 0.2) is 42.5 Å². The Kier molecular flexibility index (Phi) is 5.80. The van der Waals surface area contributed by atoms with Crippen molar-refractivity contribution in [2.75, 3.05) is 14.2 Å². The summed E-state index contributed by atoms with van der Waals surface area (Å²) in [7, 11) is -0.703. The van der Waals surface area contributed by atoms with Gasteiger partial charge in [-0.2, -0.15) is 0 Å². The lowest BCUT2D eigenvalue weighted by molar-refractivity contribution is 0.395. The van der Waals surface area contributed by atoms with E-state index >= 15 is 0 Å². The van der Waals surface area contributed by atoms with Gasteiger partial charge in [0.05, 0.1) is 20.0 Å². The minimum atomic E-state index is -3.74. The number of nitrogens with one attached hydrogen (secondary N) is 1. The van der Waals surface area contributed by atoms with Gasteiger partial charge in [-0.1, -0.05) is 18.2 Å². The van der Waals surface area contributed by atoms with Gasteiger partial charge in [0.2, 0.25) is 10.0 Å². The van der Waals surface area contributed by atoms with Crippen molar-refractivity contribution in [3.05, 3.63) is 59.4 Å². The van der Waals surface area contributed by atoms with Gasteiger partial charge >= 0.3 is 0 Å². The molecule has 130 valence electrons. The summed E-state index contributed by atoms with van der Waals surface area (Å²) in [6.07, 6.45) is 0. The molecule has 0 radical (unpaired) electrons. The third kappa shape index (κ3) is 4.46. The first-order valence-electron chi connectivity index (χ1n) is 7.31. The highest BCUT2D eigenvalue weighted by molar-refractivity contribution is 7.88.